The van der Waals surface area contributed by atoms with Crippen molar-refractivity contribution in [3.8, 4) is 0 Å². The van der Waals surface area contributed by atoms with Crippen LogP contribution in [0.5, 0.6) is 0 Å². The number of hydrogen-bond donors (Lipinski definition) is 2. The van der Waals surface area contributed by atoms with Gasteiger partial charge in [0.1, 0.15) is 6.04 Å². The third kappa shape index (κ3) is 2.91. The van der Waals surface area contributed by atoms with Crippen LogP contribution in [-0.2, 0) is 4.79 Å². The maximum atomic E-state index is 11.8. The lowest BCUT2D eigenvalue weighted by Gasteiger charge is -2.08. The van der Waals surface area contributed by atoms with Gasteiger partial charge in [0.15, 0.2) is 8.68 Å². The average molecular weight is 359 g/mol. The van der Waals surface area contributed by atoms with Crippen molar-refractivity contribution < 1.29 is 4.79 Å². The molecule has 1 aliphatic rings. The Morgan fingerprint density at radius 3 is 2.81 bits per heavy atom. The summed E-state index contributed by atoms with van der Waals surface area (Å²) in [6.07, 6.45) is 1.96. The summed E-state index contributed by atoms with van der Waals surface area (Å²) >= 11 is 10.9. The lowest BCUT2D eigenvalue weighted by atomic mass is 10.1. The zero-order valence-electron chi connectivity index (χ0n) is 11.1. The van der Waals surface area contributed by atoms with Crippen molar-refractivity contribution >= 4 is 58.1 Å². The number of thioether (sulfide) groups is 1. The van der Waals surface area contributed by atoms with Gasteiger partial charge in [-0.15, -0.1) is 10.2 Å². The van der Waals surface area contributed by atoms with E-state index in [1.165, 1.54) is 23.1 Å². The molecule has 1 amide bonds. The van der Waals surface area contributed by atoms with Crippen molar-refractivity contribution in [2.24, 2.45) is 0 Å². The third-order valence-electron chi connectivity index (χ3n) is 2.98. The number of nitrogens with zero attached hydrogens (tertiary/aromatic N) is 2. The largest absolute Gasteiger partial charge is 0.324 e. The number of anilines is 1. The highest BCUT2D eigenvalue weighted by Gasteiger charge is 2.30. The summed E-state index contributed by atoms with van der Waals surface area (Å²) in [4.78, 5) is 12.7. The second-order valence-corrected chi connectivity index (χ2v) is 7.95. The summed E-state index contributed by atoms with van der Waals surface area (Å²) in [5.41, 5.74) is 1.67. The van der Waals surface area contributed by atoms with Crippen LogP contribution in [0, 0.1) is 0 Å². The summed E-state index contributed by atoms with van der Waals surface area (Å²) in [7, 11) is 1.75. The second-order valence-electron chi connectivity index (χ2n) is 4.22. The fourth-order valence-electron chi connectivity index (χ4n) is 2.04. The molecule has 0 radical (unpaired) electrons. The summed E-state index contributed by atoms with van der Waals surface area (Å²) in [6.45, 7) is 0. The van der Waals surface area contributed by atoms with Gasteiger partial charge in [0.25, 0.3) is 0 Å². The van der Waals surface area contributed by atoms with Crippen molar-refractivity contribution in [3.63, 3.8) is 0 Å². The molecule has 0 saturated heterocycles. The fraction of sp³-hybridized carbons (Fsp3) is 0.250. The van der Waals surface area contributed by atoms with E-state index in [1.54, 1.807) is 18.8 Å². The first kappa shape index (κ1) is 15.1. The number of hydrogen-bond acceptors (Lipinski definition) is 7. The molecule has 1 aromatic heterocycles. The fourth-order valence-corrected chi connectivity index (χ4v) is 4.77. The van der Waals surface area contributed by atoms with E-state index in [2.05, 4.69) is 20.8 Å². The van der Waals surface area contributed by atoms with Crippen LogP contribution in [0.1, 0.15) is 11.6 Å². The highest BCUT2D eigenvalue weighted by atomic mass is 35.5. The number of likely N-dealkylation sites (N-methyl/N-ethyl adjacent to an activating group) is 1. The van der Waals surface area contributed by atoms with Crippen LogP contribution in [-0.4, -0.2) is 29.4 Å². The molecule has 9 heteroatoms. The maximum Gasteiger partial charge on any atom is 0.246 e. The quantitative estimate of drug-likeness (QED) is 0.817. The predicted molar refractivity (Wildman–Crippen MR) is 87.7 cm³/mol. The van der Waals surface area contributed by atoms with E-state index in [1.807, 2.05) is 18.4 Å². The van der Waals surface area contributed by atoms with E-state index in [4.69, 9.17) is 11.6 Å². The van der Waals surface area contributed by atoms with Crippen molar-refractivity contribution in [1.82, 2.24) is 15.5 Å². The molecular weight excluding hydrogens is 348 g/mol. The minimum Gasteiger partial charge on any atom is -0.324 e. The highest BCUT2D eigenvalue weighted by molar-refractivity contribution is 8.03. The average Bonchev–Trinajstić information content (AvgIpc) is 3.03. The van der Waals surface area contributed by atoms with Crippen LogP contribution in [0.15, 0.2) is 25.7 Å². The Bertz CT molecular complexity index is 706. The molecule has 0 saturated carbocycles. The van der Waals surface area contributed by atoms with Crippen LogP contribution >= 0.6 is 46.5 Å². The molecule has 2 aromatic rings. The van der Waals surface area contributed by atoms with Crippen molar-refractivity contribution in [1.29, 1.82) is 0 Å². The molecule has 0 fully saturated rings. The Labute approximate surface area is 139 Å². The van der Waals surface area contributed by atoms with Gasteiger partial charge in [0.05, 0.1) is 5.02 Å². The van der Waals surface area contributed by atoms with Crippen LogP contribution < -0.4 is 10.6 Å². The second kappa shape index (κ2) is 6.13. The van der Waals surface area contributed by atoms with Gasteiger partial charge >= 0.3 is 0 Å². The number of benzene rings is 1. The van der Waals surface area contributed by atoms with Crippen LogP contribution in [0.25, 0.3) is 0 Å². The van der Waals surface area contributed by atoms with Crippen LogP contribution in [0.3, 0.4) is 0 Å². The van der Waals surface area contributed by atoms with Crippen molar-refractivity contribution in [3.05, 3.63) is 22.7 Å². The van der Waals surface area contributed by atoms with Gasteiger partial charge in [-0.05, 0) is 25.4 Å². The number of rotatable bonds is 4. The number of fused-ring (bicyclic) bond motifs is 1. The Kier molecular flexibility index (Phi) is 4.41. The highest BCUT2D eigenvalue weighted by Crippen LogP contribution is 2.42. The standard InChI is InChI=1S/C12H11ClN4OS3/c1-14-9-5-3-6(13)8(4-7(5)15-10(9)18)20-12-17-16-11(19-2)21-12/h3-4,9,14H,1-2H3,(H,15,18). The Balaban J connectivity index is 1.91. The van der Waals surface area contributed by atoms with E-state index in [0.717, 1.165) is 24.8 Å². The molecular formula is C12H11ClN4OS3. The van der Waals surface area contributed by atoms with E-state index in [-0.39, 0.29) is 11.9 Å². The Morgan fingerprint density at radius 1 is 1.38 bits per heavy atom. The molecule has 1 atom stereocenters. The normalized spacial score (nSPS) is 16.9. The van der Waals surface area contributed by atoms with E-state index >= 15 is 0 Å². The summed E-state index contributed by atoms with van der Waals surface area (Å²) in [5, 5.41) is 14.6. The van der Waals surface area contributed by atoms with Gasteiger partial charge in [-0.1, -0.05) is 46.5 Å². The first-order valence-electron chi connectivity index (χ1n) is 5.99. The van der Waals surface area contributed by atoms with E-state index in [9.17, 15) is 4.79 Å². The number of aromatic nitrogens is 2. The number of carbonyl (C=O) groups excluding carboxylic acids is 1. The topological polar surface area (TPSA) is 66.9 Å². The molecule has 110 valence electrons. The Morgan fingerprint density at radius 2 is 2.14 bits per heavy atom. The van der Waals surface area contributed by atoms with E-state index in [0.29, 0.717) is 5.02 Å². The first-order chi connectivity index (χ1) is 10.1. The van der Waals surface area contributed by atoms with Gasteiger partial charge in [-0.3, -0.25) is 4.79 Å². The maximum absolute atomic E-state index is 11.8. The number of halogens is 1. The van der Waals surface area contributed by atoms with Gasteiger partial charge < -0.3 is 10.6 Å². The predicted octanol–water partition coefficient (Wildman–Crippen LogP) is 3.28. The first-order valence-corrected chi connectivity index (χ1v) is 9.23. The molecule has 2 heterocycles. The SMILES string of the molecule is CNC1C(=O)Nc2cc(Sc3nnc(SC)s3)c(Cl)cc21. The molecule has 0 aliphatic carbocycles. The zero-order chi connectivity index (χ0) is 15.0. The monoisotopic (exact) mass is 358 g/mol. The molecule has 5 nitrogen and oxygen atoms in total. The minimum absolute atomic E-state index is 0.0636. The summed E-state index contributed by atoms with van der Waals surface area (Å²) < 4.78 is 1.74. The zero-order valence-corrected chi connectivity index (χ0v) is 14.3. The molecule has 0 spiro atoms. The third-order valence-corrected chi connectivity index (χ3v) is 6.42. The number of amides is 1. The van der Waals surface area contributed by atoms with Gasteiger partial charge in [-0.2, -0.15) is 0 Å². The van der Waals surface area contributed by atoms with Crippen molar-refractivity contribution in [2.75, 3.05) is 18.6 Å². The molecule has 1 aliphatic heterocycles. The van der Waals surface area contributed by atoms with Crippen molar-refractivity contribution in [2.45, 2.75) is 19.6 Å². The van der Waals surface area contributed by atoms with Gasteiger partial charge in [-0.25, -0.2) is 0 Å². The molecule has 3 rings (SSSR count). The molecule has 0 bridgehead atoms. The summed E-state index contributed by atoms with van der Waals surface area (Å²) in [6, 6.07) is 3.37. The minimum atomic E-state index is -0.346. The molecule has 2 N–H and O–H groups in total. The lowest BCUT2D eigenvalue weighted by molar-refractivity contribution is -0.117. The van der Waals surface area contributed by atoms with Gasteiger partial charge in [0.2, 0.25) is 5.91 Å². The molecule has 21 heavy (non-hydrogen) atoms. The number of carbonyl (C=O) groups is 1. The summed E-state index contributed by atoms with van der Waals surface area (Å²) in [5.74, 6) is -0.0636. The van der Waals surface area contributed by atoms with Crippen LogP contribution in [0.4, 0.5) is 5.69 Å². The Hall–Kier alpha value is -0.800. The smallest absolute Gasteiger partial charge is 0.246 e. The van der Waals surface area contributed by atoms with Gasteiger partial charge in [0, 0.05) is 16.1 Å². The molecule has 1 unspecified atom stereocenters. The molecule has 1 aromatic carbocycles. The lowest BCUT2D eigenvalue weighted by Crippen LogP contribution is -2.23. The van der Waals surface area contributed by atoms with Crippen LogP contribution in [0.2, 0.25) is 5.02 Å². The number of nitrogens with one attached hydrogen (secondary N) is 2. The van der Waals surface area contributed by atoms with E-state index < -0.39 is 0 Å².